The van der Waals surface area contributed by atoms with Crippen LogP contribution in [0.25, 0.3) is 0 Å². The number of carbonyl (C=O) groups excluding carboxylic acids is 2. The molecule has 1 aromatic heterocycles. The lowest BCUT2D eigenvalue weighted by Crippen LogP contribution is -2.47. The van der Waals surface area contributed by atoms with Crippen molar-refractivity contribution in [2.75, 3.05) is 0 Å². The predicted octanol–water partition coefficient (Wildman–Crippen LogP) is 1.72. The molecule has 2 aliphatic heterocycles. The van der Waals surface area contributed by atoms with E-state index in [0.29, 0.717) is 13.0 Å². The van der Waals surface area contributed by atoms with E-state index in [0.717, 1.165) is 36.7 Å². The Bertz CT molecular complexity index is 790. The molecule has 0 aliphatic carbocycles. The van der Waals surface area contributed by atoms with Gasteiger partial charge in [-0.05, 0) is 37.6 Å². The molecule has 3 rings (SSSR count). The van der Waals surface area contributed by atoms with Crippen molar-refractivity contribution in [1.29, 1.82) is 10.5 Å². The number of nitriles is 2. The predicted molar refractivity (Wildman–Crippen MR) is 106 cm³/mol. The van der Waals surface area contributed by atoms with E-state index in [1.165, 1.54) is 10.4 Å². The highest BCUT2D eigenvalue weighted by atomic mass is 32.1. The van der Waals surface area contributed by atoms with Crippen molar-refractivity contribution in [2.24, 2.45) is 0 Å². The first-order chi connectivity index (χ1) is 13.0. The molecule has 2 amide bonds. The standard InChI is InChI=1S/C18H22B2N4O2S/c1-12(24-18(26)15-4-2-3-5-20(15)11-22)17(25)23-9-14-6-13-7-19(10-21)8-16(13)27-14/h6,12,15H,2-5,7-9H2,1H3,(H,23,25)(H,24,26)/t12?,15-/m0/s1. The maximum Gasteiger partial charge on any atom is 0.280 e. The number of carbonyl (C=O) groups is 2. The summed E-state index contributed by atoms with van der Waals surface area (Å²) in [6, 6.07) is 1.44. The molecule has 0 aromatic carbocycles. The summed E-state index contributed by atoms with van der Waals surface area (Å²) in [6.45, 7) is 1.93. The van der Waals surface area contributed by atoms with Crippen LogP contribution in [0.4, 0.5) is 0 Å². The third-order valence-electron chi connectivity index (χ3n) is 5.49. The fraction of sp³-hybridized carbons (Fsp3) is 0.556. The van der Waals surface area contributed by atoms with Crippen LogP contribution >= 0.6 is 11.3 Å². The molecule has 0 spiro atoms. The first-order valence-electron chi connectivity index (χ1n) is 9.49. The maximum atomic E-state index is 12.4. The first-order valence-corrected chi connectivity index (χ1v) is 10.3. The SMILES string of the molecule is CC(NC(=O)[C@@H]1CCCCB1C#N)C(=O)NCc1cc2c(s1)CB(C#N)C2. The number of nitrogens with zero attached hydrogens (tertiary/aromatic N) is 2. The zero-order valence-corrected chi connectivity index (χ0v) is 16.3. The highest BCUT2D eigenvalue weighted by Crippen LogP contribution is 2.30. The minimum absolute atomic E-state index is 0.0853. The van der Waals surface area contributed by atoms with Gasteiger partial charge in [0.25, 0.3) is 13.4 Å². The van der Waals surface area contributed by atoms with Gasteiger partial charge in [-0.2, -0.15) is 0 Å². The molecule has 1 aromatic rings. The summed E-state index contributed by atoms with van der Waals surface area (Å²) >= 11 is 1.65. The first kappa shape index (κ1) is 19.5. The van der Waals surface area contributed by atoms with Gasteiger partial charge in [0.1, 0.15) is 6.04 Å². The van der Waals surface area contributed by atoms with Crippen LogP contribution in [0.2, 0.25) is 12.1 Å². The molecule has 6 nitrogen and oxygen atoms in total. The minimum atomic E-state index is -0.631. The van der Waals surface area contributed by atoms with Gasteiger partial charge in [-0.25, -0.2) is 10.5 Å². The molecule has 0 radical (unpaired) electrons. The van der Waals surface area contributed by atoms with E-state index in [2.05, 4.69) is 28.6 Å². The van der Waals surface area contributed by atoms with Gasteiger partial charge in [0.15, 0.2) is 0 Å². The number of hydrogen-bond donors (Lipinski definition) is 2. The Labute approximate surface area is 164 Å². The summed E-state index contributed by atoms with van der Waals surface area (Å²) in [4.78, 5) is 27.1. The van der Waals surface area contributed by atoms with E-state index in [9.17, 15) is 14.9 Å². The number of thiophene rings is 1. The fourth-order valence-corrected chi connectivity index (χ4v) is 5.15. The zero-order valence-electron chi connectivity index (χ0n) is 15.5. The third-order valence-corrected chi connectivity index (χ3v) is 6.69. The van der Waals surface area contributed by atoms with E-state index in [1.807, 2.05) is 0 Å². The van der Waals surface area contributed by atoms with Crippen LogP contribution in [0.5, 0.6) is 0 Å². The van der Waals surface area contributed by atoms with E-state index in [4.69, 9.17) is 5.26 Å². The molecule has 0 bridgehead atoms. The second kappa shape index (κ2) is 8.63. The Morgan fingerprint density at radius 3 is 2.85 bits per heavy atom. The largest absolute Gasteiger partial charge is 0.349 e. The second-order valence-corrected chi connectivity index (χ2v) is 8.69. The van der Waals surface area contributed by atoms with Gasteiger partial charge in [0, 0.05) is 27.5 Å². The summed E-state index contributed by atoms with van der Waals surface area (Å²) in [5.41, 5.74) is 1.22. The molecular formula is C18H22B2N4O2S. The molecule has 1 unspecified atom stereocenters. The van der Waals surface area contributed by atoms with Gasteiger partial charge >= 0.3 is 0 Å². The Balaban J connectivity index is 1.48. The number of nitrogens with one attached hydrogen (secondary N) is 2. The van der Waals surface area contributed by atoms with Crippen LogP contribution in [0, 0.1) is 22.5 Å². The van der Waals surface area contributed by atoms with Crippen LogP contribution in [0.3, 0.4) is 0 Å². The van der Waals surface area contributed by atoms with Gasteiger partial charge in [0.05, 0.1) is 6.54 Å². The second-order valence-electron chi connectivity index (χ2n) is 7.47. The summed E-state index contributed by atoms with van der Waals surface area (Å²) in [5.74, 6) is 3.81. The van der Waals surface area contributed by atoms with E-state index in [1.54, 1.807) is 18.3 Å². The van der Waals surface area contributed by atoms with Crippen molar-refractivity contribution in [3.8, 4) is 11.9 Å². The zero-order chi connectivity index (χ0) is 19.4. The third kappa shape index (κ3) is 4.54. The summed E-state index contributed by atoms with van der Waals surface area (Å²) in [6.07, 6.45) is 5.00. The number of rotatable bonds is 5. The highest BCUT2D eigenvalue weighted by Gasteiger charge is 2.35. The Kier molecular flexibility index (Phi) is 6.23. The van der Waals surface area contributed by atoms with Crippen molar-refractivity contribution in [3.05, 3.63) is 21.4 Å². The summed E-state index contributed by atoms with van der Waals surface area (Å²) in [5, 5.41) is 23.9. The molecule has 138 valence electrons. The van der Waals surface area contributed by atoms with Crippen molar-refractivity contribution in [1.82, 2.24) is 10.6 Å². The highest BCUT2D eigenvalue weighted by molar-refractivity contribution is 7.12. The maximum absolute atomic E-state index is 12.4. The molecule has 27 heavy (non-hydrogen) atoms. The van der Waals surface area contributed by atoms with Gasteiger partial charge in [0.2, 0.25) is 11.8 Å². The topological polar surface area (TPSA) is 106 Å². The number of amides is 2. The lowest BCUT2D eigenvalue weighted by molar-refractivity contribution is -0.128. The lowest BCUT2D eigenvalue weighted by Gasteiger charge is -2.24. The molecule has 3 heterocycles. The smallest absolute Gasteiger partial charge is 0.280 e. The number of hydrogen-bond acceptors (Lipinski definition) is 5. The molecule has 1 fully saturated rings. The van der Waals surface area contributed by atoms with Crippen molar-refractivity contribution >= 4 is 36.6 Å². The molecule has 9 heteroatoms. The van der Waals surface area contributed by atoms with Gasteiger partial charge < -0.3 is 10.6 Å². The molecule has 2 N–H and O–H groups in total. The molecule has 2 aliphatic rings. The van der Waals surface area contributed by atoms with Crippen LogP contribution in [-0.2, 0) is 28.8 Å². The number of fused-ring (bicyclic) bond motifs is 1. The molecule has 2 atom stereocenters. The van der Waals surface area contributed by atoms with E-state index >= 15 is 0 Å². The van der Waals surface area contributed by atoms with Crippen molar-refractivity contribution in [2.45, 2.75) is 63.6 Å². The quantitative estimate of drug-likeness (QED) is 0.759. The Morgan fingerprint density at radius 1 is 1.33 bits per heavy atom. The average Bonchev–Trinajstić information content (AvgIpc) is 3.24. The average molecular weight is 380 g/mol. The fourth-order valence-electron chi connectivity index (χ4n) is 3.93. The van der Waals surface area contributed by atoms with Gasteiger partial charge in [-0.1, -0.05) is 19.2 Å². The van der Waals surface area contributed by atoms with Crippen molar-refractivity contribution in [3.63, 3.8) is 0 Å². The van der Waals surface area contributed by atoms with Gasteiger partial charge in [-0.3, -0.25) is 9.59 Å². The summed E-state index contributed by atoms with van der Waals surface area (Å²) < 4.78 is 0. The van der Waals surface area contributed by atoms with Gasteiger partial charge in [-0.15, -0.1) is 11.3 Å². The Hall–Kier alpha value is -2.25. The van der Waals surface area contributed by atoms with E-state index < -0.39 is 6.04 Å². The lowest BCUT2D eigenvalue weighted by atomic mass is 9.36. The molecular weight excluding hydrogens is 358 g/mol. The van der Waals surface area contributed by atoms with Crippen LogP contribution in [0.1, 0.15) is 41.5 Å². The molecule has 0 saturated carbocycles. The minimum Gasteiger partial charge on any atom is -0.349 e. The van der Waals surface area contributed by atoms with Crippen LogP contribution in [-0.4, -0.2) is 31.3 Å². The summed E-state index contributed by atoms with van der Waals surface area (Å²) in [7, 11) is 0. The van der Waals surface area contributed by atoms with Crippen molar-refractivity contribution < 1.29 is 9.59 Å². The van der Waals surface area contributed by atoms with Crippen LogP contribution < -0.4 is 10.6 Å². The van der Waals surface area contributed by atoms with Crippen LogP contribution in [0.15, 0.2) is 6.07 Å². The Morgan fingerprint density at radius 2 is 2.15 bits per heavy atom. The monoisotopic (exact) mass is 380 g/mol. The van der Waals surface area contributed by atoms with E-state index in [-0.39, 0.29) is 31.1 Å². The molecule has 1 saturated heterocycles. The normalized spacial score (nSPS) is 19.6.